The van der Waals surface area contributed by atoms with Gasteiger partial charge in [-0.1, -0.05) is 27.2 Å². The summed E-state index contributed by atoms with van der Waals surface area (Å²) in [6.07, 6.45) is 10.8. The van der Waals surface area contributed by atoms with Crippen LogP contribution in [0.3, 0.4) is 0 Å². The molecule has 20 heavy (non-hydrogen) atoms. The zero-order valence-electron chi connectivity index (χ0n) is 14.2. The third-order valence-corrected chi connectivity index (χ3v) is 6.18. The third kappa shape index (κ3) is 4.21. The fraction of sp³-hybridized carbons (Fsp3) is 1.00. The Balaban J connectivity index is 1.82. The average Bonchev–Trinajstić information content (AvgIpc) is 2.41. The highest BCUT2D eigenvalue weighted by Gasteiger charge is 2.32. The predicted octanol–water partition coefficient (Wildman–Crippen LogP) is 4.04. The number of nitrogens with zero attached hydrogens (tertiary/aromatic N) is 1. The van der Waals surface area contributed by atoms with E-state index in [-0.39, 0.29) is 0 Å². The second kappa shape index (κ2) is 6.79. The second-order valence-corrected chi connectivity index (χ2v) is 8.35. The van der Waals surface area contributed by atoms with E-state index in [2.05, 4.69) is 32.7 Å². The van der Waals surface area contributed by atoms with Gasteiger partial charge in [-0.15, -0.1) is 0 Å². The molecule has 0 radical (unpaired) electrons. The van der Waals surface area contributed by atoms with E-state index in [0.29, 0.717) is 11.5 Å². The highest BCUT2D eigenvalue weighted by atomic mass is 15.1. The molecule has 0 amide bonds. The van der Waals surface area contributed by atoms with E-state index < -0.39 is 0 Å². The molecule has 0 spiro atoms. The van der Waals surface area contributed by atoms with Crippen molar-refractivity contribution in [3.63, 3.8) is 0 Å². The van der Waals surface area contributed by atoms with Crippen molar-refractivity contribution in [1.82, 2.24) is 4.90 Å². The number of hydrogen-bond acceptors (Lipinski definition) is 2. The molecule has 2 nitrogen and oxygen atoms in total. The van der Waals surface area contributed by atoms with Gasteiger partial charge in [-0.2, -0.15) is 0 Å². The summed E-state index contributed by atoms with van der Waals surface area (Å²) in [6.45, 7) is 8.41. The molecular weight excluding hydrogens is 244 g/mol. The van der Waals surface area contributed by atoms with E-state index in [4.69, 9.17) is 5.73 Å². The minimum absolute atomic E-state index is 0.445. The van der Waals surface area contributed by atoms with Gasteiger partial charge < -0.3 is 10.6 Å². The summed E-state index contributed by atoms with van der Waals surface area (Å²) in [4.78, 5) is 2.64. The minimum atomic E-state index is 0.445. The van der Waals surface area contributed by atoms with E-state index in [1.165, 1.54) is 57.9 Å². The van der Waals surface area contributed by atoms with Crippen LogP contribution in [0.25, 0.3) is 0 Å². The zero-order chi connectivity index (χ0) is 14.8. The van der Waals surface area contributed by atoms with Gasteiger partial charge in [-0.25, -0.2) is 0 Å². The zero-order valence-corrected chi connectivity index (χ0v) is 14.2. The van der Waals surface area contributed by atoms with Crippen molar-refractivity contribution >= 4 is 0 Å². The monoisotopic (exact) mass is 280 g/mol. The molecule has 0 aromatic heterocycles. The van der Waals surface area contributed by atoms with Gasteiger partial charge in [-0.05, 0) is 69.2 Å². The molecule has 0 bridgehead atoms. The summed E-state index contributed by atoms with van der Waals surface area (Å²) in [5, 5.41) is 0. The predicted molar refractivity (Wildman–Crippen MR) is 87.8 cm³/mol. The van der Waals surface area contributed by atoms with Crippen LogP contribution in [0, 0.1) is 17.3 Å². The summed E-state index contributed by atoms with van der Waals surface area (Å²) in [5.74, 6) is 1.66. The number of nitrogens with two attached hydrogens (primary N) is 1. The lowest BCUT2D eigenvalue weighted by Crippen LogP contribution is -2.46. The van der Waals surface area contributed by atoms with E-state index in [1.54, 1.807) is 0 Å². The quantitative estimate of drug-likeness (QED) is 0.842. The normalized spacial score (nSPS) is 35.4. The standard InChI is InChI=1S/C18H36N2/c1-5-14-6-7-17(19)15(12-14)13-20(4)16-8-10-18(2,3)11-9-16/h14-17H,5-13,19H2,1-4H3. The first kappa shape index (κ1) is 16.3. The average molecular weight is 280 g/mol. The maximum atomic E-state index is 6.39. The molecule has 0 aromatic carbocycles. The molecule has 2 saturated carbocycles. The van der Waals surface area contributed by atoms with E-state index in [1.807, 2.05) is 0 Å². The van der Waals surface area contributed by atoms with Crippen LogP contribution < -0.4 is 5.73 Å². The molecule has 118 valence electrons. The second-order valence-electron chi connectivity index (χ2n) is 8.35. The molecule has 0 aromatic rings. The maximum Gasteiger partial charge on any atom is 0.00927 e. The smallest absolute Gasteiger partial charge is 0.00927 e. The van der Waals surface area contributed by atoms with E-state index in [9.17, 15) is 0 Å². The molecule has 3 unspecified atom stereocenters. The van der Waals surface area contributed by atoms with Crippen LogP contribution in [0.5, 0.6) is 0 Å². The van der Waals surface area contributed by atoms with Crippen molar-refractivity contribution in [1.29, 1.82) is 0 Å². The lowest BCUT2D eigenvalue weighted by molar-refractivity contribution is 0.0936. The fourth-order valence-corrected chi connectivity index (χ4v) is 4.31. The van der Waals surface area contributed by atoms with Crippen molar-refractivity contribution in [2.45, 2.75) is 84.2 Å². The van der Waals surface area contributed by atoms with Gasteiger partial charge in [0.15, 0.2) is 0 Å². The van der Waals surface area contributed by atoms with Crippen LogP contribution in [-0.2, 0) is 0 Å². The van der Waals surface area contributed by atoms with Crippen LogP contribution >= 0.6 is 0 Å². The first-order valence-corrected chi connectivity index (χ1v) is 8.87. The Hall–Kier alpha value is -0.0800. The van der Waals surface area contributed by atoms with E-state index >= 15 is 0 Å². The fourth-order valence-electron chi connectivity index (χ4n) is 4.31. The van der Waals surface area contributed by atoms with E-state index in [0.717, 1.165) is 17.9 Å². The number of hydrogen-bond donors (Lipinski definition) is 1. The van der Waals surface area contributed by atoms with Gasteiger partial charge in [0, 0.05) is 18.6 Å². The van der Waals surface area contributed by atoms with Gasteiger partial charge in [0.1, 0.15) is 0 Å². The Kier molecular flexibility index (Phi) is 5.53. The Morgan fingerprint density at radius 1 is 1.10 bits per heavy atom. The molecule has 2 fully saturated rings. The van der Waals surface area contributed by atoms with Crippen LogP contribution in [0.4, 0.5) is 0 Å². The van der Waals surface area contributed by atoms with Crippen molar-refractivity contribution < 1.29 is 0 Å². The first-order valence-electron chi connectivity index (χ1n) is 8.87. The number of rotatable bonds is 4. The lowest BCUT2D eigenvalue weighted by atomic mass is 9.74. The van der Waals surface area contributed by atoms with Gasteiger partial charge in [0.25, 0.3) is 0 Å². The van der Waals surface area contributed by atoms with Crippen LogP contribution in [0.1, 0.15) is 72.1 Å². The Morgan fingerprint density at radius 3 is 2.35 bits per heavy atom. The summed E-state index contributed by atoms with van der Waals surface area (Å²) in [7, 11) is 2.34. The highest BCUT2D eigenvalue weighted by molar-refractivity contribution is 4.87. The van der Waals surface area contributed by atoms with Crippen molar-refractivity contribution in [2.24, 2.45) is 23.0 Å². The molecule has 0 aliphatic heterocycles. The van der Waals surface area contributed by atoms with Gasteiger partial charge in [0.05, 0.1) is 0 Å². The summed E-state index contributed by atoms with van der Waals surface area (Å²) >= 11 is 0. The van der Waals surface area contributed by atoms with Crippen molar-refractivity contribution in [2.75, 3.05) is 13.6 Å². The third-order valence-electron chi connectivity index (χ3n) is 6.18. The van der Waals surface area contributed by atoms with Gasteiger partial charge in [0.2, 0.25) is 0 Å². The maximum absolute atomic E-state index is 6.39. The van der Waals surface area contributed by atoms with Crippen LogP contribution in [0.15, 0.2) is 0 Å². The molecule has 2 N–H and O–H groups in total. The first-order chi connectivity index (χ1) is 9.41. The Labute approximate surface area is 126 Å². The summed E-state index contributed by atoms with van der Waals surface area (Å²) < 4.78 is 0. The van der Waals surface area contributed by atoms with Gasteiger partial charge >= 0.3 is 0 Å². The Bertz CT molecular complexity index is 290. The molecule has 2 rings (SSSR count). The molecule has 0 heterocycles. The highest BCUT2D eigenvalue weighted by Crippen LogP contribution is 2.37. The van der Waals surface area contributed by atoms with Gasteiger partial charge in [-0.3, -0.25) is 0 Å². The molecule has 0 saturated heterocycles. The SMILES string of the molecule is CCC1CCC(N)C(CN(C)C2CCC(C)(C)CC2)C1. The van der Waals surface area contributed by atoms with Crippen LogP contribution in [-0.4, -0.2) is 30.6 Å². The van der Waals surface area contributed by atoms with Crippen LogP contribution in [0.2, 0.25) is 0 Å². The van der Waals surface area contributed by atoms with Crippen molar-refractivity contribution in [3.8, 4) is 0 Å². The van der Waals surface area contributed by atoms with Crippen molar-refractivity contribution in [3.05, 3.63) is 0 Å². The summed E-state index contributed by atoms with van der Waals surface area (Å²) in [6, 6.07) is 1.25. The Morgan fingerprint density at radius 2 is 1.75 bits per heavy atom. The topological polar surface area (TPSA) is 29.3 Å². The largest absolute Gasteiger partial charge is 0.327 e. The molecular formula is C18H36N2. The summed E-state index contributed by atoms with van der Waals surface area (Å²) in [5.41, 5.74) is 6.97. The lowest BCUT2D eigenvalue weighted by Gasteiger charge is -2.42. The minimum Gasteiger partial charge on any atom is -0.327 e. The molecule has 2 heteroatoms. The molecule has 2 aliphatic carbocycles. The molecule has 3 atom stereocenters. The molecule has 2 aliphatic rings.